The molecule has 2 aromatic rings. The van der Waals surface area contributed by atoms with E-state index in [4.69, 9.17) is 0 Å². The van der Waals surface area contributed by atoms with Gasteiger partial charge in [-0.3, -0.25) is 0 Å². The number of rotatable bonds is 0. The Hall–Kier alpha value is -1.77. The van der Waals surface area contributed by atoms with Crippen LogP contribution in [0.15, 0.2) is 30.6 Å². The second-order valence-electron chi connectivity index (χ2n) is 4.02. The van der Waals surface area contributed by atoms with Crippen molar-refractivity contribution < 1.29 is 0 Å². The molecule has 1 unspecified atom stereocenters. The minimum Gasteiger partial charge on any atom is -0.382 e. The minimum absolute atomic E-state index is 0.438. The molecule has 90 valence electrons. The highest BCUT2D eigenvalue weighted by molar-refractivity contribution is 5.78. The van der Waals surface area contributed by atoms with Gasteiger partial charge in [-0.1, -0.05) is 32.0 Å². The zero-order chi connectivity index (χ0) is 12.3. The molecule has 1 aromatic carbocycles. The summed E-state index contributed by atoms with van der Waals surface area (Å²) in [4.78, 5) is 7.61. The number of fused-ring (bicyclic) bond motifs is 3. The summed E-state index contributed by atoms with van der Waals surface area (Å²) >= 11 is 0. The van der Waals surface area contributed by atoms with Crippen molar-refractivity contribution in [2.45, 2.75) is 33.2 Å². The van der Waals surface area contributed by atoms with Gasteiger partial charge in [-0.15, -0.1) is 0 Å². The molecule has 0 saturated heterocycles. The van der Waals surface area contributed by atoms with Gasteiger partial charge in [0.1, 0.15) is 0 Å². The number of aromatic amines is 1. The molecule has 2 N–H and O–H groups in total. The maximum absolute atomic E-state index is 4.40. The second-order valence-corrected chi connectivity index (χ2v) is 4.02. The van der Waals surface area contributed by atoms with E-state index in [-0.39, 0.29) is 0 Å². The van der Waals surface area contributed by atoms with Gasteiger partial charge < -0.3 is 10.3 Å². The molecule has 1 atom stereocenters. The lowest BCUT2D eigenvalue weighted by atomic mass is 10.1. The van der Waals surface area contributed by atoms with Crippen LogP contribution in [0.25, 0.3) is 11.3 Å². The second kappa shape index (κ2) is 5.04. The number of benzene rings is 1. The predicted octanol–water partition coefficient (Wildman–Crippen LogP) is 3.46. The molecular weight excluding hydrogens is 210 g/mol. The molecule has 0 spiro atoms. The lowest BCUT2D eigenvalue weighted by Crippen LogP contribution is -2.16. The number of nitrogens with zero attached hydrogens (tertiary/aromatic N) is 1. The van der Waals surface area contributed by atoms with Gasteiger partial charge in [0.15, 0.2) is 0 Å². The summed E-state index contributed by atoms with van der Waals surface area (Å²) in [6.45, 7) is 6.19. The average molecular weight is 229 g/mol. The minimum atomic E-state index is 0.438. The van der Waals surface area contributed by atoms with E-state index in [1.165, 1.54) is 16.9 Å². The Kier molecular flexibility index (Phi) is 3.47. The molecule has 3 nitrogen and oxygen atoms in total. The number of imidazole rings is 1. The number of hydrogen-bond acceptors (Lipinski definition) is 2. The van der Waals surface area contributed by atoms with Crippen LogP contribution in [-0.4, -0.2) is 16.0 Å². The smallest absolute Gasteiger partial charge is 0.0934 e. The van der Waals surface area contributed by atoms with Crippen molar-refractivity contribution in [1.82, 2.24) is 9.97 Å². The Morgan fingerprint density at radius 3 is 2.82 bits per heavy atom. The molecule has 1 aliphatic rings. The van der Waals surface area contributed by atoms with Crippen LogP contribution in [0.4, 0.5) is 5.69 Å². The third kappa shape index (κ3) is 2.18. The van der Waals surface area contributed by atoms with E-state index in [0.29, 0.717) is 6.04 Å². The first-order valence-corrected chi connectivity index (χ1v) is 6.23. The van der Waals surface area contributed by atoms with Crippen LogP contribution in [0.5, 0.6) is 0 Å². The van der Waals surface area contributed by atoms with E-state index in [0.717, 1.165) is 12.1 Å². The van der Waals surface area contributed by atoms with Crippen molar-refractivity contribution in [1.29, 1.82) is 0 Å². The molecule has 1 aliphatic heterocycles. The van der Waals surface area contributed by atoms with Crippen molar-refractivity contribution in [2.24, 2.45) is 0 Å². The van der Waals surface area contributed by atoms with Crippen LogP contribution < -0.4 is 5.32 Å². The molecule has 0 fully saturated rings. The fourth-order valence-corrected chi connectivity index (χ4v) is 2.15. The lowest BCUT2D eigenvalue weighted by molar-refractivity contribution is 0.782. The predicted molar refractivity (Wildman–Crippen MR) is 72.2 cm³/mol. The van der Waals surface area contributed by atoms with Crippen LogP contribution in [-0.2, 0) is 6.42 Å². The summed E-state index contributed by atoms with van der Waals surface area (Å²) < 4.78 is 0. The highest BCUT2D eigenvalue weighted by Crippen LogP contribution is 2.32. The largest absolute Gasteiger partial charge is 0.382 e. The van der Waals surface area contributed by atoms with Crippen molar-refractivity contribution >= 4 is 5.69 Å². The molecule has 0 aliphatic carbocycles. The zero-order valence-corrected chi connectivity index (χ0v) is 10.6. The van der Waals surface area contributed by atoms with Gasteiger partial charge in [0.25, 0.3) is 0 Å². The lowest BCUT2D eigenvalue weighted by Gasteiger charge is -2.12. The first kappa shape index (κ1) is 11.7. The van der Waals surface area contributed by atoms with Gasteiger partial charge in [-0.25, -0.2) is 4.98 Å². The van der Waals surface area contributed by atoms with Gasteiger partial charge in [-0.2, -0.15) is 0 Å². The Balaban J connectivity index is 0.000000514. The monoisotopic (exact) mass is 229 g/mol. The molecule has 3 rings (SSSR count). The zero-order valence-electron chi connectivity index (χ0n) is 10.6. The molecule has 0 radical (unpaired) electrons. The van der Waals surface area contributed by atoms with E-state index in [2.05, 4.69) is 46.5 Å². The van der Waals surface area contributed by atoms with Crippen LogP contribution in [0.3, 0.4) is 0 Å². The van der Waals surface area contributed by atoms with Crippen LogP contribution in [0, 0.1) is 0 Å². The normalized spacial score (nSPS) is 16.8. The van der Waals surface area contributed by atoms with Crippen LogP contribution >= 0.6 is 0 Å². The standard InChI is InChI=1S/C12H13N3.C2H6/c1-8-6-11-12(14-7-13-11)9-4-2-3-5-10(9)15-8;1-2/h2-5,7-8,15H,6H2,1H3,(H,13,14);1-2H3. The summed E-state index contributed by atoms with van der Waals surface area (Å²) in [7, 11) is 0. The first-order chi connectivity index (χ1) is 8.34. The van der Waals surface area contributed by atoms with Crippen molar-refractivity contribution in [3.05, 3.63) is 36.3 Å². The van der Waals surface area contributed by atoms with E-state index in [9.17, 15) is 0 Å². The highest BCUT2D eigenvalue weighted by Gasteiger charge is 2.18. The number of para-hydroxylation sites is 1. The van der Waals surface area contributed by atoms with E-state index >= 15 is 0 Å². The molecule has 0 saturated carbocycles. The third-order valence-corrected chi connectivity index (χ3v) is 2.81. The molecule has 17 heavy (non-hydrogen) atoms. The molecule has 2 heterocycles. The molecule has 1 aromatic heterocycles. The Bertz CT molecular complexity index is 488. The van der Waals surface area contributed by atoms with Crippen molar-refractivity contribution in [2.75, 3.05) is 5.32 Å². The van der Waals surface area contributed by atoms with Crippen LogP contribution in [0.1, 0.15) is 26.5 Å². The van der Waals surface area contributed by atoms with Gasteiger partial charge >= 0.3 is 0 Å². The number of aromatic nitrogens is 2. The van der Waals surface area contributed by atoms with E-state index < -0.39 is 0 Å². The van der Waals surface area contributed by atoms with Gasteiger partial charge in [0, 0.05) is 29.4 Å². The number of H-pyrrole nitrogens is 1. The summed E-state index contributed by atoms with van der Waals surface area (Å²) in [6.07, 6.45) is 2.77. The average Bonchev–Trinajstić information content (AvgIpc) is 2.75. The van der Waals surface area contributed by atoms with Gasteiger partial charge in [-0.05, 0) is 13.0 Å². The Morgan fingerprint density at radius 2 is 2.00 bits per heavy atom. The summed E-state index contributed by atoms with van der Waals surface area (Å²) in [5.74, 6) is 0. The molecule has 0 bridgehead atoms. The maximum atomic E-state index is 4.40. The fraction of sp³-hybridized carbons (Fsp3) is 0.357. The molecular formula is C14H19N3. The summed E-state index contributed by atoms with van der Waals surface area (Å²) in [6, 6.07) is 8.76. The quantitative estimate of drug-likeness (QED) is 0.726. The van der Waals surface area contributed by atoms with Crippen molar-refractivity contribution in [3.63, 3.8) is 0 Å². The Labute approximate surface area is 102 Å². The maximum Gasteiger partial charge on any atom is 0.0934 e. The van der Waals surface area contributed by atoms with E-state index in [1.54, 1.807) is 6.33 Å². The molecule has 3 heteroatoms. The van der Waals surface area contributed by atoms with Gasteiger partial charge in [0.2, 0.25) is 0 Å². The van der Waals surface area contributed by atoms with Gasteiger partial charge in [0.05, 0.1) is 12.0 Å². The summed E-state index contributed by atoms with van der Waals surface area (Å²) in [5, 5.41) is 3.50. The van der Waals surface area contributed by atoms with Crippen molar-refractivity contribution in [3.8, 4) is 11.3 Å². The first-order valence-electron chi connectivity index (χ1n) is 6.23. The molecule has 0 amide bonds. The number of nitrogens with one attached hydrogen (secondary N) is 2. The summed E-state index contributed by atoms with van der Waals surface area (Å²) in [5.41, 5.74) is 4.68. The SMILES string of the molecule is CC.CC1Cc2[nH]cnc2-c2ccccc2N1. The van der Waals surface area contributed by atoms with E-state index in [1.807, 2.05) is 13.8 Å². The topological polar surface area (TPSA) is 40.7 Å². The van der Waals surface area contributed by atoms with Crippen LogP contribution in [0.2, 0.25) is 0 Å². The Morgan fingerprint density at radius 1 is 1.24 bits per heavy atom. The third-order valence-electron chi connectivity index (χ3n) is 2.81. The number of anilines is 1. The number of hydrogen-bond donors (Lipinski definition) is 2. The fourth-order valence-electron chi connectivity index (χ4n) is 2.15. The highest BCUT2D eigenvalue weighted by atomic mass is 15.0.